The number of rotatable bonds is 5. The SMILES string of the molecule is Cc1nc(NN)c(C)c(OC(C)CC(C)C)n1. The molecule has 0 aliphatic carbocycles. The highest BCUT2D eigenvalue weighted by Gasteiger charge is 2.13. The maximum Gasteiger partial charge on any atom is 0.222 e. The summed E-state index contributed by atoms with van der Waals surface area (Å²) < 4.78 is 5.83. The molecule has 0 spiro atoms. The van der Waals surface area contributed by atoms with Crippen molar-refractivity contribution < 1.29 is 4.74 Å². The predicted octanol–water partition coefficient (Wildman–Crippen LogP) is 2.19. The van der Waals surface area contributed by atoms with E-state index < -0.39 is 0 Å². The van der Waals surface area contributed by atoms with E-state index in [4.69, 9.17) is 10.6 Å². The van der Waals surface area contributed by atoms with Crippen LogP contribution in [-0.2, 0) is 0 Å². The molecule has 1 heterocycles. The molecule has 1 aromatic rings. The first-order valence-corrected chi connectivity index (χ1v) is 5.92. The monoisotopic (exact) mass is 238 g/mol. The molecule has 0 saturated heterocycles. The van der Waals surface area contributed by atoms with Crippen molar-refractivity contribution in [2.75, 3.05) is 5.43 Å². The largest absolute Gasteiger partial charge is 0.474 e. The molecule has 1 atom stereocenters. The third kappa shape index (κ3) is 3.85. The fraction of sp³-hybridized carbons (Fsp3) is 0.667. The van der Waals surface area contributed by atoms with Crippen LogP contribution >= 0.6 is 0 Å². The van der Waals surface area contributed by atoms with Crippen LogP contribution in [0, 0.1) is 19.8 Å². The molecule has 0 aromatic carbocycles. The van der Waals surface area contributed by atoms with Gasteiger partial charge in [-0.3, -0.25) is 0 Å². The maximum absolute atomic E-state index is 5.83. The smallest absolute Gasteiger partial charge is 0.222 e. The highest BCUT2D eigenvalue weighted by atomic mass is 16.5. The molecule has 0 aliphatic heterocycles. The van der Waals surface area contributed by atoms with Crippen LogP contribution in [0.3, 0.4) is 0 Å². The lowest BCUT2D eigenvalue weighted by Crippen LogP contribution is -2.18. The zero-order valence-electron chi connectivity index (χ0n) is 11.2. The first-order valence-electron chi connectivity index (χ1n) is 5.92. The minimum Gasteiger partial charge on any atom is -0.474 e. The Labute approximate surface area is 103 Å². The van der Waals surface area contributed by atoms with Crippen LogP contribution in [0.1, 0.15) is 38.6 Å². The molecule has 0 saturated carbocycles. The summed E-state index contributed by atoms with van der Waals surface area (Å²) in [6.07, 6.45) is 1.13. The molecule has 1 aromatic heterocycles. The second kappa shape index (κ2) is 5.82. The number of nitrogens with two attached hydrogens (primary N) is 1. The van der Waals surface area contributed by atoms with Crippen LogP contribution in [0.15, 0.2) is 0 Å². The normalized spacial score (nSPS) is 12.6. The van der Waals surface area contributed by atoms with Gasteiger partial charge in [0.15, 0.2) is 0 Å². The lowest BCUT2D eigenvalue weighted by molar-refractivity contribution is 0.184. The van der Waals surface area contributed by atoms with Gasteiger partial charge in [-0.25, -0.2) is 10.8 Å². The molecule has 3 N–H and O–H groups in total. The van der Waals surface area contributed by atoms with Crippen LogP contribution < -0.4 is 16.0 Å². The summed E-state index contributed by atoms with van der Waals surface area (Å²) in [6, 6.07) is 0. The molecule has 0 aliphatic rings. The molecule has 17 heavy (non-hydrogen) atoms. The van der Waals surface area contributed by atoms with Crippen molar-refractivity contribution in [3.8, 4) is 5.88 Å². The molecule has 0 fully saturated rings. The van der Waals surface area contributed by atoms with Crippen molar-refractivity contribution in [2.45, 2.75) is 47.1 Å². The van der Waals surface area contributed by atoms with Crippen LogP contribution in [0.25, 0.3) is 0 Å². The average molecular weight is 238 g/mol. The van der Waals surface area contributed by atoms with Crippen molar-refractivity contribution in [2.24, 2.45) is 11.8 Å². The van der Waals surface area contributed by atoms with Crippen molar-refractivity contribution in [3.63, 3.8) is 0 Å². The molecule has 5 nitrogen and oxygen atoms in total. The van der Waals surface area contributed by atoms with Gasteiger partial charge in [0, 0.05) is 0 Å². The molecule has 0 radical (unpaired) electrons. The standard InChI is InChI=1S/C12H22N4O/c1-7(2)6-8(3)17-12-9(4)11(16-13)14-10(5)15-12/h7-8H,6,13H2,1-5H3,(H,14,15,16). The number of hydrogen-bond donors (Lipinski definition) is 2. The number of hydrogen-bond acceptors (Lipinski definition) is 5. The number of anilines is 1. The van der Waals surface area contributed by atoms with Gasteiger partial charge in [-0.1, -0.05) is 13.8 Å². The molecule has 1 rings (SSSR count). The Balaban J connectivity index is 2.86. The summed E-state index contributed by atoms with van der Waals surface area (Å²) in [5.41, 5.74) is 3.40. The van der Waals surface area contributed by atoms with E-state index in [1.165, 1.54) is 0 Å². The Hall–Kier alpha value is -1.36. The molecule has 0 bridgehead atoms. The average Bonchev–Trinajstić information content (AvgIpc) is 2.21. The third-order valence-corrected chi connectivity index (χ3v) is 2.47. The van der Waals surface area contributed by atoms with Gasteiger partial charge in [-0.15, -0.1) is 0 Å². The fourth-order valence-corrected chi connectivity index (χ4v) is 1.76. The van der Waals surface area contributed by atoms with Crippen molar-refractivity contribution in [3.05, 3.63) is 11.4 Å². The maximum atomic E-state index is 5.83. The van der Waals surface area contributed by atoms with Gasteiger partial charge in [0.25, 0.3) is 0 Å². The second-order valence-electron chi connectivity index (χ2n) is 4.75. The minimum atomic E-state index is 0.133. The number of hydrazine groups is 1. The lowest BCUT2D eigenvalue weighted by Gasteiger charge is -2.18. The van der Waals surface area contributed by atoms with Gasteiger partial charge in [0.2, 0.25) is 5.88 Å². The fourth-order valence-electron chi connectivity index (χ4n) is 1.76. The third-order valence-electron chi connectivity index (χ3n) is 2.47. The van der Waals surface area contributed by atoms with Gasteiger partial charge >= 0.3 is 0 Å². The first-order chi connectivity index (χ1) is 7.93. The summed E-state index contributed by atoms with van der Waals surface area (Å²) in [7, 11) is 0. The van der Waals surface area contributed by atoms with E-state index in [1.807, 2.05) is 20.8 Å². The zero-order chi connectivity index (χ0) is 13.0. The van der Waals surface area contributed by atoms with Gasteiger partial charge in [-0.05, 0) is 33.1 Å². The number of aromatic nitrogens is 2. The van der Waals surface area contributed by atoms with E-state index in [2.05, 4.69) is 29.2 Å². The van der Waals surface area contributed by atoms with E-state index in [-0.39, 0.29) is 6.10 Å². The number of nitrogens with one attached hydrogen (secondary N) is 1. The van der Waals surface area contributed by atoms with Gasteiger partial charge in [0.1, 0.15) is 11.6 Å². The first kappa shape index (κ1) is 13.7. The van der Waals surface area contributed by atoms with Crippen LogP contribution in [0.5, 0.6) is 5.88 Å². The van der Waals surface area contributed by atoms with Crippen molar-refractivity contribution in [1.82, 2.24) is 9.97 Å². The molecule has 1 unspecified atom stereocenters. The molecule has 0 amide bonds. The van der Waals surface area contributed by atoms with E-state index in [0.717, 1.165) is 12.0 Å². The number of nitrogen functional groups attached to an aromatic ring is 1. The van der Waals surface area contributed by atoms with Crippen LogP contribution in [0.4, 0.5) is 5.82 Å². The summed E-state index contributed by atoms with van der Waals surface area (Å²) in [5.74, 6) is 7.87. The second-order valence-corrected chi connectivity index (χ2v) is 4.75. The number of nitrogens with zero attached hydrogens (tertiary/aromatic N) is 2. The van der Waals surface area contributed by atoms with Gasteiger partial charge < -0.3 is 10.2 Å². The molecule has 96 valence electrons. The Morgan fingerprint density at radius 1 is 1.24 bits per heavy atom. The highest BCUT2D eigenvalue weighted by Crippen LogP contribution is 2.23. The number of aryl methyl sites for hydroxylation is 1. The summed E-state index contributed by atoms with van der Waals surface area (Å²) in [6.45, 7) is 10.1. The van der Waals surface area contributed by atoms with Crippen LogP contribution in [-0.4, -0.2) is 16.1 Å². The van der Waals surface area contributed by atoms with E-state index in [9.17, 15) is 0 Å². The van der Waals surface area contributed by atoms with E-state index in [1.54, 1.807) is 0 Å². The van der Waals surface area contributed by atoms with Crippen molar-refractivity contribution in [1.29, 1.82) is 0 Å². The Bertz CT molecular complexity index is 379. The molecular formula is C12H22N4O. The topological polar surface area (TPSA) is 73.1 Å². The van der Waals surface area contributed by atoms with Gasteiger partial charge in [-0.2, -0.15) is 4.98 Å². The van der Waals surface area contributed by atoms with Crippen LogP contribution in [0.2, 0.25) is 0 Å². The highest BCUT2D eigenvalue weighted by molar-refractivity contribution is 5.47. The molecule has 5 heteroatoms. The van der Waals surface area contributed by atoms with Gasteiger partial charge in [0.05, 0.1) is 11.7 Å². The van der Waals surface area contributed by atoms with E-state index in [0.29, 0.717) is 23.4 Å². The quantitative estimate of drug-likeness (QED) is 0.607. The molecular weight excluding hydrogens is 216 g/mol. The Morgan fingerprint density at radius 3 is 2.41 bits per heavy atom. The van der Waals surface area contributed by atoms with E-state index >= 15 is 0 Å². The summed E-state index contributed by atoms with van der Waals surface area (Å²) >= 11 is 0. The Kier molecular flexibility index (Phi) is 4.69. The zero-order valence-corrected chi connectivity index (χ0v) is 11.2. The lowest BCUT2D eigenvalue weighted by atomic mass is 10.1. The predicted molar refractivity (Wildman–Crippen MR) is 68.9 cm³/mol. The summed E-state index contributed by atoms with van der Waals surface area (Å²) in [5, 5.41) is 0. The number of ether oxygens (including phenoxy) is 1. The Morgan fingerprint density at radius 2 is 1.88 bits per heavy atom. The minimum absolute atomic E-state index is 0.133. The summed E-state index contributed by atoms with van der Waals surface area (Å²) in [4.78, 5) is 8.49. The van der Waals surface area contributed by atoms with Crippen molar-refractivity contribution >= 4 is 5.82 Å².